The van der Waals surface area contributed by atoms with Gasteiger partial charge in [-0.05, 0) is 42.8 Å². The second kappa shape index (κ2) is 7.26. The maximum atomic E-state index is 13.1. The number of imide groups is 2. The van der Waals surface area contributed by atoms with E-state index in [2.05, 4.69) is 10.6 Å². The molecule has 2 saturated heterocycles. The molecule has 3 aliphatic heterocycles. The molecule has 2 N–H and O–H groups in total. The molecule has 0 unspecified atom stereocenters. The summed E-state index contributed by atoms with van der Waals surface area (Å²) in [7, 11) is 0. The Bertz CT molecular complexity index is 1470. The Morgan fingerprint density at radius 3 is 2.46 bits per heavy atom. The third-order valence-corrected chi connectivity index (χ3v) is 6.74. The Labute approximate surface area is 198 Å². The standard InChI is InChI=1S/C25H20N4O6/c1-13-2-3-14-11-28(22(32)17(14)8-13)12-25(23(33)26-24(34)27-25)19-10-15-9-16(4-5-18(15)35-19)29-20(30)6-7-21(29)31/h2-5,8-10H,6-7,11-12H2,1H3,(H2,26,27,33,34)/t25-/m0/s1. The number of amides is 6. The highest BCUT2D eigenvalue weighted by atomic mass is 16.3. The van der Waals surface area contributed by atoms with Crippen molar-refractivity contribution < 1.29 is 28.4 Å². The number of carbonyl (C=O) groups is 5. The van der Waals surface area contributed by atoms with E-state index >= 15 is 0 Å². The minimum atomic E-state index is -1.64. The van der Waals surface area contributed by atoms with Crippen LogP contribution in [0.4, 0.5) is 10.5 Å². The predicted octanol–water partition coefficient (Wildman–Crippen LogP) is 2.09. The highest BCUT2D eigenvalue weighted by Gasteiger charge is 2.53. The van der Waals surface area contributed by atoms with E-state index in [-0.39, 0.29) is 42.9 Å². The largest absolute Gasteiger partial charge is 0.458 e. The summed E-state index contributed by atoms with van der Waals surface area (Å²) in [6.07, 6.45) is 0.323. The van der Waals surface area contributed by atoms with Gasteiger partial charge in [0.2, 0.25) is 11.8 Å². The predicted molar refractivity (Wildman–Crippen MR) is 122 cm³/mol. The van der Waals surface area contributed by atoms with E-state index in [1.165, 1.54) is 4.90 Å². The van der Waals surface area contributed by atoms with Crippen molar-refractivity contribution in [1.29, 1.82) is 0 Å². The van der Waals surface area contributed by atoms with Gasteiger partial charge in [-0.25, -0.2) is 4.79 Å². The monoisotopic (exact) mass is 472 g/mol. The molecule has 0 aliphatic carbocycles. The molecule has 0 spiro atoms. The van der Waals surface area contributed by atoms with Gasteiger partial charge in [0.15, 0.2) is 5.54 Å². The maximum absolute atomic E-state index is 13.1. The number of nitrogens with zero attached hydrogens (tertiary/aromatic N) is 2. The first-order chi connectivity index (χ1) is 16.7. The second-order valence-corrected chi connectivity index (χ2v) is 9.09. The highest BCUT2D eigenvalue weighted by molar-refractivity contribution is 6.20. The first-order valence-electron chi connectivity index (χ1n) is 11.2. The number of benzene rings is 2. The number of urea groups is 1. The van der Waals surface area contributed by atoms with Crippen LogP contribution in [-0.2, 0) is 26.5 Å². The first-order valence-corrected chi connectivity index (χ1v) is 11.2. The van der Waals surface area contributed by atoms with Crippen LogP contribution in [0.2, 0.25) is 0 Å². The van der Waals surface area contributed by atoms with Crippen molar-refractivity contribution in [1.82, 2.24) is 15.5 Å². The Morgan fingerprint density at radius 1 is 0.971 bits per heavy atom. The molecule has 0 saturated carbocycles. The fourth-order valence-electron chi connectivity index (χ4n) is 4.99. The lowest BCUT2D eigenvalue weighted by atomic mass is 9.95. The molecule has 2 fully saturated rings. The molecule has 35 heavy (non-hydrogen) atoms. The maximum Gasteiger partial charge on any atom is 0.322 e. The summed E-state index contributed by atoms with van der Waals surface area (Å²) in [5.74, 6) is -1.28. The van der Waals surface area contributed by atoms with Crippen LogP contribution >= 0.6 is 0 Å². The van der Waals surface area contributed by atoms with Gasteiger partial charge in [-0.2, -0.15) is 0 Å². The van der Waals surface area contributed by atoms with Crippen LogP contribution in [0.1, 0.15) is 40.1 Å². The van der Waals surface area contributed by atoms with Gasteiger partial charge in [0, 0.05) is 30.3 Å². The van der Waals surface area contributed by atoms with E-state index in [4.69, 9.17) is 4.42 Å². The molecule has 0 radical (unpaired) electrons. The van der Waals surface area contributed by atoms with E-state index in [1.54, 1.807) is 30.3 Å². The zero-order chi connectivity index (χ0) is 24.5. The van der Waals surface area contributed by atoms with Crippen LogP contribution in [0.25, 0.3) is 11.0 Å². The Hall–Kier alpha value is -4.47. The molecule has 0 bridgehead atoms. The molecule has 6 rings (SSSR count). The fourth-order valence-corrected chi connectivity index (χ4v) is 4.99. The van der Waals surface area contributed by atoms with Gasteiger partial charge in [-0.3, -0.25) is 29.4 Å². The van der Waals surface area contributed by atoms with Gasteiger partial charge in [0.25, 0.3) is 11.8 Å². The molecule has 3 aromatic rings. The van der Waals surface area contributed by atoms with Gasteiger partial charge < -0.3 is 14.6 Å². The van der Waals surface area contributed by atoms with Gasteiger partial charge in [0.05, 0.1) is 12.2 Å². The number of hydrogen-bond acceptors (Lipinski definition) is 6. The summed E-state index contributed by atoms with van der Waals surface area (Å²) in [5.41, 5.74) is 1.54. The normalized spacial score (nSPS) is 21.8. The van der Waals surface area contributed by atoms with E-state index in [0.717, 1.165) is 16.0 Å². The van der Waals surface area contributed by atoms with Crippen LogP contribution < -0.4 is 15.5 Å². The van der Waals surface area contributed by atoms with E-state index < -0.39 is 17.5 Å². The number of rotatable bonds is 4. The molecule has 10 nitrogen and oxygen atoms in total. The third-order valence-electron chi connectivity index (χ3n) is 6.74. The average molecular weight is 472 g/mol. The van der Waals surface area contributed by atoms with Gasteiger partial charge >= 0.3 is 6.03 Å². The summed E-state index contributed by atoms with van der Waals surface area (Å²) in [6.45, 7) is 2.06. The number of anilines is 1. The Morgan fingerprint density at radius 2 is 1.74 bits per heavy atom. The highest BCUT2D eigenvalue weighted by Crippen LogP contribution is 2.36. The molecular formula is C25H20N4O6. The number of aryl methyl sites for hydroxylation is 1. The van der Waals surface area contributed by atoms with Crippen molar-refractivity contribution in [2.45, 2.75) is 31.8 Å². The minimum absolute atomic E-state index is 0.132. The molecule has 10 heteroatoms. The third kappa shape index (κ3) is 3.13. The molecule has 4 heterocycles. The number of nitrogens with one attached hydrogen (secondary N) is 2. The first kappa shape index (κ1) is 21.1. The summed E-state index contributed by atoms with van der Waals surface area (Å²) >= 11 is 0. The van der Waals surface area contributed by atoms with Crippen molar-refractivity contribution in [3.8, 4) is 0 Å². The molecule has 3 aliphatic rings. The van der Waals surface area contributed by atoms with Crippen LogP contribution in [0, 0.1) is 6.92 Å². The summed E-state index contributed by atoms with van der Waals surface area (Å²) in [5, 5.41) is 5.46. The smallest absolute Gasteiger partial charge is 0.322 e. The Kier molecular flexibility index (Phi) is 4.38. The lowest BCUT2D eigenvalue weighted by Crippen LogP contribution is -2.52. The van der Waals surface area contributed by atoms with Crippen molar-refractivity contribution in [2.24, 2.45) is 0 Å². The van der Waals surface area contributed by atoms with Gasteiger partial charge in [-0.15, -0.1) is 0 Å². The number of hydrogen-bond donors (Lipinski definition) is 2. The van der Waals surface area contributed by atoms with Gasteiger partial charge in [-0.1, -0.05) is 17.7 Å². The summed E-state index contributed by atoms with van der Waals surface area (Å²) < 4.78 is 5.99. The van der Waals surface area contributed by atoms with E-state index in [1.807, 2.05) is 19.1 Å². The number of carbonyl (C=O) groups excluding carboxylic acids is 5. The molecule has 1 atom stereocenters. The van der Waals surface area contributed by atoms with Crippen LogP contribution in [-0.4, -0.2) is 41.1 Å². The zero-order valence-corrected chi connectivity index (χ0v) is 18.7. The minimum Gasteiger partial charge on any atom is -0.458 e. The van der Waals surface area contributed by atoms with Crippen LogP contribution in [0.15, 0.2) is 46.9 Å². The number of fused-ring (bicyclic) bond motifs is 2. The molecule has 176 valence electrons. The van der Waals surface area contributed by atoms with E-state index in [9.17, 15) is 24.0 Å². The van der Waals surface area contributed by atoms with Crippen molar-refractivity contribution in [3.63, 3.8) is 0 Å². The lowest BCUT2D eigenvalue weighted by molar-refractivity contribution is -0.125. The van der Waals surface area contributed by atoms with Crippen LogP contribution in [0.5, 0.6) is 0 Å². The molecule has 2 aromatic carbocycles. The van der Waals surface area contributed by atoms with Crippen molar-refractivity contribution in [2.75, 3.05) is 11.4 Å². The SMILES string of the molecule is Cc1ccc2c(c1)C(=O)N(C[C@@]1(c3cc4cc(N5C(=O)CCC5=O)ccc4o3)NC(=O)NC1=O)C2. The fraction of sp³-hybridized carbons (Fsp3) is 0.240. The van der Waals surface area contributed by atoms with Crippen molar-refractivity contribution >= 4 is 46.3 Å². The van der Waals surface area contributed by atoms with E-state index in [0.29, 0.717) is 28.8 Å². The quantitative estimate of drug-likeness (QED) is 0.442. The van der Waals surface area contributed by atoms with Crippen molar-refractivity contribution in [3.05, 3.63) is 64.9 Å². The summed E-state index contributed by atoms with van der Waals surface area (Å²) in [4.78, 5) is 65.3. The average Bonchev–Trinajstić information content (AvgIpc) is 3.54. The molecular weight excluding hydrogens is 452 g/mol. The Balaban J connectivity index is 1.39. The summed E-state index contributed by atoms with van der Waals surface area (Å²) in [6, 6.07) is 11.3. The lowest BCUT2D eigenvalue weighted by Gasteiger charge is -2.29. The molecule has 1 aromatic heterocycles. The molecule has 6 amide bonds. The second-order valence-electron chi connectivity index (χ2n) is 9.09. The van der Waals surface area contributed by atoms with Gasteiger partial charge in [0.1, 0.15) is 11.3 Å². The number of furan rings is 1. The van der Waals surface area contributed by atoms with Crippen LogP contribution in [0.3, 0.4) is 0 Å². The zero-order valence-electron chi connectivity index (χ0n) is 18.7. The topological polar surface area (TPSA) is 129 Å².